The SMILES string of the molecule is CCCc1ccccc1C(=O)OCCOCCCCCC(C)C. The summed E-state index contributed by atoms with van der Waals surface area (Å²) in [7, 11) is 0. The average Bonchev–Trinajstić information content (AvgIpc) is 2.53. The van der Waals surface area contributed by atoms with Crippen molar-refractivity contribution in [2.24, 2.45) is 5.92 Å². The number of esters is 1. The molecule has 1 aromatic carbocycles. The lowest BCUT2D eigenvalue weighted by atomic mass is 10.0. The number of hydrogen-bond acceptors (Lipinski definition) is 3. The molecule has 0 amide bonds. The van der Waals surface area contributed by atoms with Crippen LogP contribution >= 0.6 is 0 Å². The van der Waals surface area contributed by atoms with Gasteiger partial charge in [-0.3, -0.25) is 0 Å². The highest BCUT2D eigenvalue weighted by Crippen LogP contribution is 2.12. The summed E-state index contributed by atoms with van der Waals surface area (Å²) in [4.78, 5) is 12.1. The van der Waals surface area contributed by atoms with E-state index in [2.05, 4.69) is 20.8 Å². The van der Waals surface area contributed by atoms with Gasteiger partial charge >= 0.3 is 5.97 Å². The maximum absolute atomic E-state index is 12.1. The van der Waals surface area contributed by atoms with E-state index in [0.717, 1.165) is 37.4 Å². The molecule has 130 valence electrons. The van der Waals surface area contributed by atoms with Crippen LogP contribution in [0.2, 0.25) is 0 Å². The Morgan fingerprint density at radius 1 is 1.04 bits per heavy atom. The van der Waals surface area contributed by atoms with E-state index in [9.17, 15) is 4.79 Å². The molecular formula is C20H32O3. The lowest BCUT2D eigenvalue weighted by Gasteiger charge is -2.09. The molecule has 0 saturated carbocycles. The van der Waals surface area contributed by atoms with Gasteiger partial charge in [0.05, 0.1) is 12.2 Å². The van der Waals surface area contributed by atoms with Crippen molar-refractivity contribution in [2.45, 2.75) is 59.3 Å². The Morgan fingerprint density at radius 3 is 2.57 bits per heavy atom. The molecule has 0 aliphatic carbocycles. The number of aryl methyl sites for hydroxylation is 1. The largest absolute Gasteiger partial charge is 0.460 e. The van der Waals surface area contributed by atoms with Gasteiger partial charge in [-0.25, -0.2) is 4.79 Å². The third-order valence-electron chi connectivity index (χ3n) is 3.79. The number of unbranched alkanes of at least 4 members (excludes halogenated alkanes) is 2. The fraction of sp³-hybridized carbons (Fsp3) is 0.650. The van der Waals surface area contributed by atoms with Crippen molar-refractivity contribution in [3.8, 4) is 0 Å². The second-order valence-electron chi connectivity index (χ2n) is 6.40. The molecule has 0 aromatic heterocycles. The van der Waals surface area contributed by atoms with Crippen molar-refractivity contribution < 1.29 is 14.3 Å². The third kappa shape index (κ3) is 8.75. The van der Waals surface area contributed by atoms with Crippen molar-refractivity contribution in [1.29, 1.82) is 0 Å². The zero-order valence-corrected chi connectivity index (χ0v) is 15.0. The van der Waals surface area contributed by atoms with Gasteiger partial charge in [-0.15, -0.1) is 0 Å². The molecule has 0 fully saturated rings. The molecule has 0 bridgehead atoms. The summed E-state index contributed by atoms with van der Waals surface area (Å²) in [5.41, 5.74) is 1.74. The predicted molar refractivity (Wildman–Crippen MR) is 94.8 cm³/mol. The second kappa shape index (κ2) is 12.1. The van der Waals surface area contributed by atoms with Crippen molar-refractivity contribution in [2.75, 3.05) is 19.8 Å². The first-order valence-corrected chi connectivity index (χ1v) is 8.98. The van der Waals surface area contributed by atoms with Crippen LogP contribution in [0.4, 0.5) is 0 Å². The topological polar surface area (TPSA) is 35.5 Å². The molecule has 0 heterocycles. The number of benzene rings is 1. The standard InChI is InChI=1S/C20H32O3/c1-4-10-18-12-7-8-13-19(18)20(21)23-16-15-22-14-9-5-6-11-17(2)3/h7-8,12-13,17H,4-6,9-11,14-16H2,1-3H3. The van der Waals surface area contributed by atoms with Crippen molar-refractivity contribution >= 4 is 5.97 Å². The lowest BCUT2D eigenvalue weighted by Crippen LogP contribution is -2.13. The van der Waals surface area contributed by atoms with E-state index < -0.39 is 0 Å². The highest BCUT2D eigenvalue weighted by atomic mass is 16.6. The highest BCUT2D eigenvalue weighted by Gasteiger charge is 2.11. The molecule has 0 aliphatic rings. The van der Waals surface area contributed by atoms with Crippen LogP contribution in [0.3, 0.4) is 0 Å². The van der Waals surface area contributed by atoms with Crippen molar-refractivity contribution in [3.63, 3.8) is 0 Å². The van der Waals surface area contributed by atoms with Crippen LogP contribution in [0.15, 0.2) is 24.3 Å². The van der Waals surface area contributed by atoms with E-state index in [-0.39, 0.29) is 5.97 Å². The molecule has 0 radical (unpaired) electrons. The van der Waals surface area contributed by atoms with Gasteiger partial charge in [0.25, 0.3) is 0 Å². The molecule has 0 atom stereocenters. The Hall–Kier alpha value is -1.35. The molecule has 3 heteroatoms. The van der Waals surface area contributed by atoms with Gasteiger partial charge in [-0.1, -0.05) is 64.7 Å². The second-order valence-corrected chi connectivity index (χ2v) is 6.40. The summed E-state index contributed by atoms with van der Waals surface area (Å²) in [6, 6.07) is 7.67. The van der Waals surface area contributed by atoms with Crippen LogP contribution in [0, 0.1) is 5.92 Å². The number of carbonyl (C=O) groups is 1. The molecule has 1 aromatic rings. The van der Waals surface area contributed by atoms with Crippen LogP contribution in [-0.2, 0) is 15.9 Å². The number of rotatable bonds is 12. The molecule has 3 nitrogen and oxygen atoms in total. The Bertz CT molecular complexity index is 440. The van der Waals surface area contributed by atoms with Crippen molar-refractivity contribution in [3.05, 3.63) is 35.4 Å². The van der Waals surface area contributed by atoms with E-state index in [0.29, 0.717) is 18.8 Å². The van der Waals surface area contributed by atoms with Crippen LogP contribution in [0.1, 0.15) is 68.8 Å². The monoisotopic (exact) mass is 320 g/mol. The molecule has 0 unspecified atom stereocenters. The number of hydrogen-bond donors (Lipinski definition) is 0. The zero-order chi connectivity index (χ0) is 16.9. The van der Waals surface area contributed by atoms with E-state index in [1.165, 1.54) is 19.3 Å². The predicted octanol–water partition coefficient (Wildman–Crippen LogP) is 5.03. The number of carbonyl (C=O) groups excluding carboxylic acids is 1. The van der Waals surface area contributed by atoms with E-state index in [1.807, 2.05) is 24.3 Å². The fourth-order valence-corrected chi connectivity index (χ4v) is 2.51. The zero-order valence-electron chi connectivity index (χ0n) is 15.0. The van der Waals surface area contributed by atoms with E-state index in [1.54, 1.807) is 0 Å². The third-order valence-corrected chi connectivity index (χ3v) is 3.79. The van der Waals surface area contributed by atoms with Gasteiger partial charge in [0.15, 0.2) is 0 Å². The molecule has 0 N–H and O–H groups in total. The van der Waals surface area contributed by atoms with Crippen LogP contribution in [0.25, 0.3) is 0 Å². The first-order chi connectivity index (χ1) is 11.1. The van der Waals surface area contributed by atoms with Gasteiger partial charge in [-0.05, 0) is 30.4 Å². The quantitative estimate of drug-likeness (QED) is 0.400. The molecule has 0 aliphatic heterocycles. The summed E-state index contributed by atoms with van der Waals surface area (Å²) >= 11 is 0. The number of ether oxygens (including phenoxy) is 2. The summed E-state index contributed by atoms with van der Waals surface area (Å²) in [6.45, 7) is 8.17. The smallest absolute Gasteiger partial charge is 0.338 e. The maximum Gasteiger partial charge on any atom is 0.338 e. The Labute approximate surface area is 141 Å². The van der Waals surface area contributed by atoms with Gasteiger partial charge < -0.3 is 9.47 Å². The Kier molecular flexibility index (Phi) is 10.4. The Morgan fingerprint density at radius 2 is 1.83 bits per heavy atom. The van der Waals surface area contributed by atoms with Gasteiger partial charge in [0.2, 0.25) is 0 Å². The van der Waals surface area contributed by atoms with Gasteiger partial charge in [0, 0.05) is 6.61 Å². The summed E-state index contributed by atoms with van der Waals surface area (Å²) in [5.74, 6) is 0.542. The van der Waals surface area contributed by atoms with Crippen LogP contribution in [0.5, 0.6) is 0 Å². The lowest BCUT2D eigenvalue weighted by molar-refractivity contribution is 0.0311. The average molecular weight is 320 g/mol. The first kappa shape index (κ1) is 19.7. The minimum atomic E-state index is -0.241. The highest BCUT2D eigenvalue weighted by molar-refractivity contribution is 5.91. The van der Waals surface area contributed by atoms with Crippen molar-refractivity contribution in [1.82, 2.24) is 0 Å². The Balaban J connectivity index is 2.13. The normalized spacial score (nSPS) is 11.0. The molecule has 0 spiro atoms. The van der Waals surface area contributed by atoms with Crippen LogP contribution in [-0.4, -0.2) is 25.8 Å². The molecule has 23 heavy (non-hydrogen) atoms. The van der Waals surface area contributed by atoms with E-state index in [4.69, 9.17) is 9.47 Å². The summed E-state index contributed by atoms with van der Waals surface area (Å²) in [5, 5.41) is 0. The van der Waals surface area contributed by atoms with E-state index >= 15 is 0 Å². The fourth-order valence-electron chi connectivity index (χ4n) is 2.51. The summed E-state index contributed by atoms with van der Waals surface area (Å²) < 4.78 is 10.8. The van der Waals surface area contributed by atoms with Gasteiger partial charge in [0.1, 0.15) is 6.61 Å². The minimum absolute atomic E-state index is 0.241. The van der Waals surface area contributed by atoms with Crippen LogP contribution < -0.4 is 0 Å². The first-order valence-electron chi connectivity index (χ1n) is 8.98. The molecular weight excluding hydrogens is 288 g/mol. The van der Waals surface area contributed by atoms with Gasteiger partial charge in [-0.2, -0.15) is 0 Å². The summed E-state index contributed by atoms with van der Waals surface area (Å²) in [6.07, 6.45) is 6.77. The minimum Gasteiger partial charge on any atom is -0.460 e. The molecule has 0 saturated heterocycles. The molecule has 1 rings (SSSR count). The maximum atomic E-state index is 12.1.